The van der Waals surface area contributed by atoms with E-state index in [4.69, 9.17) is 11.6 Å². The number of unbranched alkanes of at least 4 members (excludes halogenated alkanes) is 1. The topological polar surface area (TPSA) is 169 Å². The maximum Gasteiger partial charge on any atom is 0.417 e. The number of carbonyl (C=O) groups excluding carboxylic acids is 4. The third-order valence-electron chi connectivity index (χ3n) is 8.74. The van der Waals surface area contributed by atoms with Crippen LogP contribution in [0.4, 0.5) is 24.5 Å². The molecule has 0 radical (unpaired) electrons. The van der Waals surface area contributed by atoms with Gasteiger partial charge in [-0.2, -0.15) is 30.0 Å². The third-order valence-corrected chi connectivity index (χ3v) is 10.1. The Hall–Kier alpha value is -5.09. The maximum atomic E-state index is 13.5. The molecule has 3 aromatic carbocycles. The van der Waals surface area contributed by atoms with Gasteiger partial charge in [0.2, 0.25) is 11.8 Å². The average Bonchev–Trinajstić information content (AvgIpc) is 3.16. The summed E-state index contributed by atoms with van der Waals surface area (Å²) in [5.41, 5.74) is 3.71. The van der Waals surface area contributed by atoms with E-state index in [1.807, 2.05) is 12.1 Å². The summed E-state index contributed by atoms with van der Waals surface area (Å²) in [6.45, 7) is 3.25. The smallest absolute Gasteiger partial charge is 0.417 e. The van der Waals surface area contributed by atoms with Gasteiger partial charge in [0, 0.05) is 55.7 Å². The number of halogens is 4. The van der Waals surface area contributed by atoms with Crippen LogP contribution in [0.1, 0.15) is 89.3 Å². The van der Waals surface area contributed by atoms with Crippen molar-refractivity contribution in [3.63, 3.8) is 0 Å². The van der Waals surface area contributed by atoms with Crippen molar-refractivity contribution in [2.45, 2.75) is 69.8 Å². The zero-order valence-corrected chi connectivity index (χ0v) is 32.3. The van der Waals surface area contributed by atoms with Crippen molar-refractivity contribution in [1.29, 1.82) is 0 Å². The molecule has 0 saturated carbocycles. The van der Waals surface area contributed by atoms with Crippen LogP contribution in [0, 0.1) is 0 Å². The lowest BCUT2D eigenvalue weighted by Gasteiger charge is -2.29. The molecule has 0 aromatic heterocycles. The lowest BCUT2D eigenvalue weighted by molar-refractivity contribution is -0.141. The number of amides is 4. The first-order chi connectivity index (χ1) is 26.7. The van der Waals surface area contributed by atoms with Gasteiger partial charge in [-0.05, 0) is 92.1 Å². The highest BCUT2D eigenvalue weighted by molar-refractivity contribution is 7.98. The number of hydrazone groups is 1. The Labute approximate surface area is 332 Å². The van der Waals surface area contributed by atoms with E-state index >= 15 is 0 Å². The molecule has 4 amide bonds. The summed E-state index contributed by atoms with van der Waals surface area (Å²) < 4.78 is 40.0. The lowest BCUT2D eigenvalue weighted by atomic mass is 10.1. The van der Waals surface area contributed by atoms with Gasteiger partial charge in [-0.3, -0.25) is 19.2 Å². The van der Waals surface area contributed by atoms with Gasteiger partial charge in [0.15, 0.2) is 0 Å². The van der Waals surface area contributed by atoms with Crippen LogP contribution in [0.3, 0.4) is 0 Å². The first-order valence-electron chi connectivity index (χ1n) is 18.0. The molecule has 1 fully saturated rings. The molecule has 17 heteroatoms. The second-order valence-corrected chi connectivity index (χ2v) is 14.6. The molecular formula is C39H44ClF3N6O6S. The highest BCUT2D eigenvalue weighted by Crippen LogP contribution is 2.35. The minimum atomic E-state index is -4.67. The van der Waals surface area contributed by atoms with Crippen molar-refractivity contribution in [3.8, 4) is 0 Å². The summed E-state index contributed by atoms with van der Waals surface area (Å²) in [7, 11) is 0. The number of aliphatic carboxylic acids is 1. The molecular weight excluding hydrogens is 773 g/mol. The van der Waals surface area contributed by atoms with E-state index < -0.39 is 46.5 Å². The SMILES string of the molecule is CC(=O)N[C@@H](CCCCNC(=O)CCSCc1cccc(C(=O)Nc2ccc(N3CCCCC3)cc2C(=O)NN=Cc2ccc(Cl)c(C(F)(F)F)c2)c1)C(=O)O. The fourth-order valence-corrected chi connectivity index (χ4v) is 7.00. The van der Waals surface area contributed by atoms with Crippen molar-refractivity contribution in [2.75, 3.05) is 35.6 Å². The van der Waals surface area contributed by atoms with E-state index in [9.17, 15) is 42.3 Å². The molecule has 12 nitrogen and oxygen atoms in total. The summed E-state index contributed by atoms with van der Waals surface area (Å²) in [5, 5.41) is 20.6. The normalized spacial score (nSPS) is 13.6. The highest BCUT2D eigenvalue weighted by Gasteiger charge is 2.33. The number of carbonyl (C=O) groups is 5. The second kappa shape index (κ2) is 21.3. The monoisotopic (exact) mass is 816 g/mol. The van der Waals surface area contributed by atoms with E-state index in [1.54, 1.807) is 30.3 Å². The molecule has 3 aromatic rings. The molecule has 56 heavy (non-hydrogen) atoms. The molecule has 1 atom stereocenters. The number of hydrogen-bond acceptors (Lipinski definition) is 8. The van der Waals surface area contributed by atoms with Crippen LogP contribution in [0.2, 0.25) is 5.02 Å². The van der Waals surface area contributed by atoms with Crippen molar-refractivity contribution in [1.82, 2.24) is 16.1 Å². The molecule has 1 aliphatic rings. The van der Waals surface area contributed by atoms with Gasteiger partial charge < -0.3 is 26.0 Å². The molecule has 0 spiro atoms. The number of carboxylic acid groups (broad SMARTS) is 1. The van der Waals surface area contributed by atoms with Crippen molar-refractivity contribution in [2.24, 2.45) is 5.10 Å². The number of thioether (sulfide) groups is 1. The van der Waals surface area contributed by atoms with Gasteiger partial charge in [0.25, 0.3) is 11.8 Å². The molecule has 4 rings (SSSR count). The minimum Gasteiger partial charge on any atom is -0.480 e. The van der Waals surface area contributed by atoms with Gasteiger partial charge in [0.05, 0.1) is 28.1 Å². The number of nitrogens with one attached hydrogen (secondary N) is 4. The first kappa shape index (κ1) is 43.6. The Kier molecular flexibility index (Phi) is 16.6. The predicted octanol–water partition coefficient (Wildman–Crippen LogP) is 6.86. The molecule has 5 N–H and O–H groups in total. The zero-order chi connectivity index (χ0) is 40.7. The third kappa shape index (κ3) is 13.9. The summed E-state index contributed by atoms with van der Waals surface area (Å²) in [6, 6.07) is 14.4. The van der Waals surface area contributed by atoms with Gasteiger partial charge >= 0.3 is 12.1 Å². The molecule has 0 aliphatic carbocycles. The Morgan fingerprint density at radius 1 is 0.982 bits per heavy atom. The number of alkyl halides is 3. The Bertz CT molecular complexity index is 1910. The van der Waals surface area contributed by atoms with Crippen LogP contribution >= 0.6 is 23.4 Å². The lowest BCUT2D eigenvalue weighted by Crippen LogP contribution is -2.39. The van der Waals surface area contributed by atoms with Crippen LogP contribution in [-0.4, -0.2) is 72.3 Å². The first-order valence-corrected chi connectivity index (χ1v) is 19.6. The molecule has 0 bridgehead atoms. The van der Waals surface area contributed by atoms with Gasteiger partial charge in [-0.1, -0.05) is 29.8 Å². The van der Waals surface area contributed by atoms with Crippen molar-refractivity contribution >= 4 is 70.6 Å². The summed E-state index contributed by atoms with van der Waals surface area (Å²) in [6.07, 6.45) is 1.12. The van der Waals surface area contributed by atoms with E-state index in [2.05, 4.69) is 31.4 Å². The summed E-state index contributed by atoms with van der Waals surface area (Å²) in [4.78, 5) is 63.7. The van der Waals surface area contributed by atoms with E-state index in [1.165, 1.54) is 24.8 Å². The molecule has 1 aliphatic heterocycles. The molecule has 1 heterocycles. The quantitative estimate of drug-likeness (QED) is 0.0527. The van der Waals surface area contributed by atoms with E-state index in [0.29, 0.717) is 36.5 Å². The van der Waals surface area contributed by atoms with Crippen LogP contribution < -0.4 is 26.3 Å². The average molecular weight is 817 g/mol. The fourth-order valence-electron chi connectivity index (χ4n) is 5.89. The van der Waals surface area contributed by atoms with Crippen LogP contribution in [0.25, 0.3) is 0 Å². The Morgan fingerprint density at radius 2 is 1.75 bits per heavy atom. The van der Waals surface area contributed by atoms with Crippen LogP contribution in [-0.2, 0) is 26.3 Å². The van der Waals surface area contributed by atoms with Crippen molar-refractivity contribution in [3.05, 3.63) is 93.5 Å². The summed E-state index contributed by atoms with van der Waals surface area (Å²) >= 11 is 7.23. The van der Waals surface area contributed by atoms with E-state index in [0.717, 1.165) is 62.0 Å². The van der Waals surface area contributed by atoms with Crippen LogP contribution in [0.5, 0.6) is 0 Å². The number of piperidine rings is 1. The summed E-state index contributed by atoms with van der Waals surface area (Å²) in [5.74, 6) is -1.74. The number of anilines is 2. The number of benzene rings is 3. The Morgan fingerprint density at radius 3 is 2.46 bits per heavy atom. The maximum absolute atomic E-state index is 13.5. The second-order valence-electron chi connectivity index (χ2n) is 13.1. The predicted molar refractivity (Wildman–Crippen MR) is 211 cm³/mol. The molecule has 1 saturated heterocycles. The van der Waals surface area contributed by atoms with Gasteiger partial charge in [0.1, 0.15) is 6.04 Å². The van der Waals surface area contributed by atoms with Crippen LogP contribution in [0.15, 0.2) is 65.8 Å². The fraction of sp³-hybridized carbons (Fsp3) is 0.385. The standard InChI is InChI=1S/C39H44ClF3N6O6S/c1-25(50)46-34(38(54)55)10-3-4-16-44-35(51)15-19-56-24-27-8-7-9-28(20-27)36(52)47-33-14-12-29(49-17-5-2-6-18-49)22-30(33)37(53)48-45-23-26-11-13-32(40)31(21-26)39(41,42)43/h7-9,11-14,20-23,34H,2-6,10,15-19,24H2,1H3,(H,44,51)(H,46,50)(H,47,52)(H,48,53)(H,54,55)/t34-/m0/s1. The van der Waals surface area contributed by atoms with Gasteiger partial charge in [-0.15, -0.1) is 0 Å². The minimum absolute atomic E-state index is 0.0698. The zero-order valence-electron chi connectivity index (χ0n) is 30.7. The van der Waals surface area contributed by atoms with Crippen molar-refractivity contribution < 1.29 is 42.3 Å². The Balaban J connectivity index is 1.33. The molecule has 0 unspecified atom stereocenters. The largest absolute Gasteiger partial charge is 0.480 e. The number of rotatable bonds is 18. The number of nitrogens with zero attached hydrogens (tertiary/aromatic N) is 2. The number of hydrogen-bond donors (Lipinski definition) is 5. The highest BCUT2D eigenvalue weighted by atomic mass is 35.5. The van der Waals surface area contributed by atoms with E-state index in [-0.39, 0.29) is 35.6 Å². The number of carboxylic acids is 1. The van der Waals surface area contributed by atoms with Gasteiger partial charge in [-0.25, -0.2) is 10.2 Å². The molecule has 300 valence electrons.